The molecule has 0 spiro atoms. The number of hydrogen-bond acceptors (Lipinski definition) is 2. The average Bonchev–Trinajstić information content (AvgIpc) is 3.22. The molecule has 0 aliphatic heterocycles. The Hall–Kier alpha value is -3.92. The van der Waals surface area contributed by atoms with E-state index < -0.39 is 0 Å². The highest BCUT2D eigenvalue weighted by Crippen LogP contribution is 2.45. The van der Waals surface area contributed by atoms with E-state index in [1.54, 1.807) is 13.1 Å². The van der Waals surface area contributed by atoms with Crippen LogP contribution in [0.5, 0.6) is 0 Å². The molecule has 4 heteroatoms. The molecule has 0 saturated heterocycles. The molecule has 1 aliphatic rings. The topological polar surface area (TPSA) is 46.9 Å². The van der Waals surface area contributed by atoms with Gasteiger partial charge in [-0.05, 0) is 70.4 Å². The monoisotopic (exact) mass is 447 g/mol. The number of fused-ring (bicyclic) bond motifs is 1. The molecule has 0 bridgehead atoms. The van der Waals surface area contributed by atoms with Gasteiger partial charge >= 0.3 is 0 Å². The van der Waals surface area contributed by atoms with Crippen molar-refractivity contribution < 1.29 is 4.79 Å². The normalized spacial score (nSPS) is 14.8. The number of nitrogens with zero attached hydrogens (tertiary/aromatic N) is 2. The van der Waals surface area contributed by atoms with Crippen LogP contribution in [-0.4, -0.2) is 22.7 Å². The van der Waals surface area contributed by atoms with Crippen molar-refractivity contribution in [1.29, 1.82) is 0 Å². The molecular formula is C30H29N3O. The maximum atomic E-state index is 11.6. The number of aryl methyl sites for hydroxylation is 1. The van der Waals surface area contributed by atoms with E-state index in [0.717, 1.165) is 16.5 Å². The molecule has 1 amide bonds. The lowest BCUT2D eigenvalue weighted by Gasteiger charge is -2.31. The second-order valence-corrected chi connectivity index (χ2v) is 8.89. The van der Waals surface area contributed by atoms with Gasteiger partial charge in [-0.15, -0.1) is 0 Å². The van der Waals surface area contributed by atoms with E-state index in [-0.39, 0.29) is 5.91 Å². The second kappa shape index (κ2) is 9.52. The summed E-state index contributed by atoms with van der Waals surface area (Å²) in [5, 5.41) is 8.21. The van der Waals surface area contributed by atoms with Crippen LogP contribution in [0.25, 0.3) is 28.1 Å². The van der Waals surface area contributed by atoms with Crippen molar-refractivity contribution in [2.24, 2.45) is 13.0 Å². The predicted molar refractivity (Wildman–Crippen MR) is 140 cm³/mol. The number of carbonyl (C=O) groups is 1. The van der Waals surface area contributed by atoms with Gasteiger partial charge in [0.2, 0.25) is 5.91 Å². The third-order valence-corrected chi connectivity index (χ3v) is 6.78. The number of likely N-dealkylation sites (N-methyl/N-ethyl adjacent to an activating group) is 1. The molecule has 1 aliphatic carbocycles. The van der Waals surface area contributed by atoms with Gasteiger partial charge in [0.25, 0.3) is 0 Å². The van der Waals surface area contributed by atoms with Crippen molar-refractivity contribution in [3.63, 3.8) is 0 Å². The summed E-state index contributed by atoms with van der Waals surface area (Å²) in [5.41, 5.74) is 8.51. The Balaban J connectivity index is 1.69. The molecule has 34 heavy (non-hydrogen) atoms. The Labute approximate surface area is 200 Å². The van der Waals surface area contributed by atoms with Crippen LogP contribution >= 0.6 is 0 Å². The molecular weight excluding hydrogens is 418 g/mol. The Morgan fingerprint density at radius 3 is 2.38 bits per heavy atom. The zero-order valence-electron chi connectivity index (χ0n) is 19.7. The van der Waals surface area contributed by atoms with Crippen LogP contribution in [0.1, 0.15) is 41.5 Å². The fourth-order valence-electron chi connectivity index (χ4n) is 4.71. The lowest BCUT2D eigenvalue weighted by molar-refractivity contribution is -0.115. The van der Waals surface area contributed by atoms with E-state index in [0.29, 0.717) is 5.92 Å². The number of hydrogen-bond donors (Lipinski definition) is 1. The van der Waals surface area contributed by atoms with Gasteiger partial charge in [-0.1, -0.05) is 67.1 Å². The van der Waals surface area contributed by atoms with Gasteiger partial charge in [0.15, 0.2) is 0 Å². The van der Waals surface area contributed by atoms with Gasteiger partial charge in [0, 0.05) is 25.6 Å². The van der Waals surface area contributed by atoms with Crippen LogP contribution in [0.2, 0.25) is 0 Å². The predicted octanol–water partition coefficient (Wildman–Crippen LogP) is 6.09. The zero-order chi connectivity index (χ0) is 23.5. The van der Waals surface area contributed by atoms with Crippen LogP contribution in [0.15, 0.2) is 85.1 Å². The van der Waals surface area contributed by atoms with Crippen molar-refractivity contribution in [3.8, 4) is 0 Å². The van der Waals surface area contributed by atoms with Gasteiger partial charge in [-0.3, -0.25) is 9.48 Å². The first kappa shape index (κ1) is 21.9. The molecule has 3 aromatic carbocycles. The highest BCUT2D eigenvalue weighted by atomic mass is 16.1. The fourth-order valence-corrected chi connectivity index (χ4v) is 4.71. The first-order valence-electron chi connectivity index (χ1n) is 11.9. The molecule has 0 unspecified atom stereocenters. The molecule has 0 atom stereocenters. The molecule has 1 heterocycles. The van der Waals surface area contributed by atoms with Crippen molar-refractivity contribution in [2.75, 3.05) is 7.05 Å². The second-order valence-electron chi connectivity index (χ2n) is 8.89. The summed E-state index contributed by atoms with van der Waals surface area (Å²) < 4.78 is 1.92. The Bertz CT molecular complexity index is 1370. The van der Waals surface area contributed by atoms with E-state index in [1.807, 2.05) is 24.0 Å². The van der Waals surface area contributed by atoms with Crippen LogP contribution in [0, 0.1) is 5.92 Å². The lowest BCUT2D eigenvalue weighted by Crippen LogP contribution is -2.15. The molecule has 0 radical (unpaired) electrons. The molecule has 4 nitrogen and oxygen atoms in total. The number of allylic oxidation sites excluding steroid dienone is 1. The Morgan fingerprint density at radius 2 is 1.71 bits per heavy atom. The molecule has 1 aromatic heterocycles. The molecule has 1 N–H and O–H groups in total. The van der Waals surface area contributed by atoms with Crippen LogP contribution in [-0.2, 0) is 11.8 Å². The van der Waals surface area contributed by atoms with Gasteiger partial charge in [-0.2, -0.15) is 5.10 Å². The fraction of sp³-hybridized carbons (Fsp3) is 0.200. The summed E-state index contributed by atoms with van der Waals surface area (Å²) in [5.74, 6) is 0.445. The van der Waals surface area contributed by atoms with Crippen LogP contribution in [0.4, 0.5) is 0 Å². The van der Waals surface area contributed by atoms with Gasteiger partial charge < -0.3 is 5.32 Å². The van der Waals surface area contributed by atoms with Crippen LogP contribution < -0.4 is 5.32 Å². The van der Waals surface area contributed by atoms with Gasteiger partial charge in [0.1, 0.15) is 0 Å². The van der Waals surface area contributed by atoms with E-state index in [1.165, 1.54) is 47.1 Å². The van der Waals surface area contributed by atoms with Crippen molar-refractivity contribution in [3.05, 3.63) is 107 Å². The van der Waals surface area contributed by atoms with E-state index in [4.69, 9.17) is 0 Å². The first-order valence-corrected chi connectivity index (χ1v) is 11.9. The SMILES string of the molecule is CNC(=O)C=Cc1ccc(C(=C(c2ccccc2)C2CCC2)c2ccc3c(cnn3C)c2)cc1. The number of rotatable bonds is 6. The van der Waals surface area contributed by atoms with Crippen molar-refractivity contribution in [1.82, 2.24) is 15.1 Å². The molecule has 1 saturated carbocycles. The number of carbonyl (C=O) groups excluding carboxylic acids is 1. The molecule has 170 valence electrons. The smallest absolute Gasteiger partial charge is 0.243 e. The summed E-state index contributed by atoms with van der Waals surface area (Å²) in [6.07, 6.45) is 9.06. The summed E-state index contributed by atoms with van der Waals surface area (Å²) in [4.78, 5) is 11.6. The summed E-state index contributed by atoms with van der Waals surface area (Å²) in [7, 11) is 3.62. The number of nitrogens with one attached hydrogen (secondary N) is 1. The molecule has 4 aromatic rings. The number of amides is 1. The lowest BCUT2D eigenvalue weighted by atomic mass is 9.73. The zero-order valence-corrected chi connectivity index (χ0v) is 19.7. The summed E-state index contributed by atoms with van der Waals surface area (Å²) >= 11 is 0. The quantitative estimate of drug-likeness (QED) is 0.287. The third kappa shape index (κ3) is 4.32. The molecule has 1 fully saturated rings. The summed E-state index contributed by atoms with van der Waals surface area (Å²) in [6.45, 7) is 0. The van der Waals surface area contributed by atoms with E-state index in [9.17, 15) is 4.79 Å². The first-order chi connectivity index (χ1) is 16.6. The molecule has 5 rings (SSSR count). The standard InChI is InChI=1S/C30H29N3O/c1-31-28(34)18-13-21-11-14-24(15-12-21)30(25-16-17-27-26(19-25)20-32-33(27)2)29(23-9-6-10-23)22-7-4-3-5-8-22/h3-5,7-8,11-20,23H,6,9-10H2,1-2H3,(H,31,34). The Morgan fingerprint density at radius 1 is 0.971 bits per heavy atom. The largest absolute Gasteiger partial charge is 0.356 e. The van der Waals surface area contributed by atoms with Crippen molar-refractivity contribution >= 4 is 34.0 Å². The number of benzene rings is 3. The summed E-state index contributed by atoms with van der Waals surface area (Å²) in [6, 6.07) is 26.0. The van der Waals surface area contributed by atoms with E-state index in [2.05, 4.69) is 83.2 Å². The number of aromatic nitrogens is 2. The highest BCUT2D eigenvalue weighted by molar-refractivity contribution is 6.01. The average molecular weight is 448 g/mol. The minimum Gasteiger partial charge on any atom is -0.356 e. The minimum atomic E-state index is -0.106. The third-order valence-electron chi connectivity index (χ3n) is 6.78. The Kier molecular flexibility index (Phi) is 6.13. The highest BCUT2D eigenvalue weighted by Gasteiger charge is 2.27. The van der Waals surface area contributed by atoms with E-state index >= 15 is 0 Å². The maximum Gasteiger partial charge on any atom is 0.243 e. The van der Waals surface area contributed by atoms with Gasteiger partial charge in [-0.25, -0.2) is 0 Å². The van der Waals surface area contributed by atoms with Gasteiger partial charge in [0.05, 0.1) is 11.7 Å². The minimum absolute atomic E-state index is 0.106. The van der Waals surface area contributed by atoms with Crippen LogP contribution in [0.3, 0.4) is 0 Å². The van der Waals surface area contributed by atoms with Crippen molar-refractivity contribution in [2.45, 2.75) is 19.3 Å². The maximum absolute atomic E-state index is 11.6.